The van der Waals surface area contributed by atoms with E-state index in [4.69, 9.17) is 11.6 Å². The Morgan fingerprint density at radius 1 is 1.30 bits per heavy atom. The lowest BCUT2D eigenvalue weighted by Gasteiger charge is -2.11. The number of amides is 1. The summed E-state index contributed by atoms with van der Waals surface area (Å²) in [5.41, 5.74) is 1.18. The lowest BCUT2D eigenvalue weighted by atomic mass is 10.1. The van der Waals surface area contributed by atoms with E-state index in [2.05, 4.69) is 10.6 Å². The summed E-state index contributed by atoms with van der Waals surface area (Å²) in [5.74, 6) is -0.914. The van der Waals surface area contributed by atoms with Crippen LogP contribution in [0.25, 0.3) is 0 Å². The predicted octanol–water partition coefficient (Wildman–Crippen LogP) is 3.75. The molecule has 2 rings (SSSR count). The van der Waals surface area contributed by atoms with Gasteiger partial charge in [0, 0.05) is 17.3 Å². The topological polar surface area (TPSA) is 84.3 Å². The van der Waals surface area contributed by atoms with Crippen molar-refractivity contribution in [3.05, 3.63) is 62.9 Å². The van der Waals surface area contributed by atoms with E-state index in [1.807, 2.05) is 0 Å². The molecule has 2 aromatic carbocycles. The minimum atomic E-state index is -0.502. The van der Waals surface area contributed by atoms with Crippen molar-refractivity contribution < 1.29 is 14.1 Å². The van der Waals surface area contributed by atoms with E-state index >= 15 is 0 Å². The van der Waals surface area contributed by atoms with E-state index in [1.54, 1.807) is 13.0 Å². The van der Waals surface area contributed by atoms with Gasteiger partial charge in [0.05, 0.1) is 22.2 Å². The Morgan fingerprint density at radius 2 is 2.04 bits per heavy atom. The maximum absolute atomic E-state index is 12.9. The molecule has 120 valence electrons. The second kappa shape index (κ2) is 7.06. The van der Waals surface area contributed by atoms with Crippen LogP contribution in [0.2, 0.25) is 5.02 Å². The van der Waals surface area contributed by atoms with Gasteiger partial charge in [-0.1, -0.05) is 17.7 Å². The maximum atomic E-state index is 12.9. The first-order valence-electron chi connectivity index (χ1n) is 6.61. The Hall–Kier alpha value is -2.67. The zero-order chi connectivity index (χ0) is 17.0. The molecule has 0 heterocycles. The van der Waals surface area contributed by atoms with Crippen LogP contribution in [0.5, 0.6) is 0 Å². The molecule has 0 unspecified atom stereocenters. The Bertz CT molecular complexity index is 768. The van der Waals surface area contributed by atoms with Gasteiger partial charge in [-0.15, -0.1) is 0 Å². The maximum Gasteiger partial charge on any atom is 0.274 e. The standard InChI is InChI=1S/C15H13ClFN3O3/c1-9-12(3-2-4-14(9)20(22)23)18-8-15(21)19-13-6-5-10(17)7-11(13)16/h2-7,18H,8H2,1H3,(H,19,21). The fourth-order valence-electron chi connectivity index (χ4n) is 1.97. The van der Waals surface area contributed by atoms with Crippen molar-refractivity contribution in [2.24, 2.45) is 0 Å². The molecule has 0 spiro atoms. The summed E-state index contributed by atoms with van der Waals surface area (Å²) < 4.78 is 12.9. The minimum Gasteiger partial charge on any atom is -0.376 e. The summed E-state index contributed by atoms with van der Waals surface area (Å²) in [6, 6.07) is 8.19. The molecular weight excluding hydrogens is 325 g/mol. The van der Waals surface area contributed by atoms with Crippen LogP contribution >= 0.6 is 11.6 Å². The molecule has 2 aromatic rings. The van der Waals surface area contributed by atoms with Crippen molar-refractivity contribution in [2.45, 2.75) is 6.92 Å². The highest BCUT2D eigenvalue weighted by molar-refractivity contribution is 6.33. The highest BCUT2D eigenvalue weighted by Gasteiger charge is 2.14. The molecule has 0 saturated carbocycles. The van der Waals surface area contributed by atoms with Gasteiger partial charge in [-0.2, -0.15) is 0 Å². The fraction of sp³-hybridized carbons (Fsp3) is 0.133. The van der Waals surface area contributed by atoms with Crippen molar-refractivity contribution >= 4 is 34.6 Å². The number of hydrogen-bond acceptors (Lipinski definition) is 4. The van der Waals surface area contributed by atoms with Crippen LogP contribution < -0.4 is 10.6 Å². The first kappa shape index (κ1) is 16.7. The largest absolute Gasteiger partial charge is 0.376 e. The third kappa shape index (κ3) is 4.17. The lowest BCUT2D eigenvalue weighted by Crippen LogP contribution is -2.22. The molecule has 2 N–H and O–H groups in total. The molecular formula is C15H13ClFN3O3. The van der Waals surface area contributed by atoms with Gasteiger partial charge in [-0.05, 0) is 31.2 Å². The average Bonchev–Trinajstić information content (AvgIpc) is 2.49. The number of halogens is 2. The molecule has 0 aliphatic heterocycles. The van der Waals surface area contributed by atoms with Gasteiger partial charge in [-0.3, -0.25) is 14.9 Å². The zero-order valence-corrected chi connectivity index (χ0v) is 12.9. The van der Waals surface area contributed by atoms with E-state index in [0.717, 1.165) is 6.07 Å². The number of nitro benzene ring substituents is 1. The van der Waals surface area contributed by atoms with E-state index < -0.39 is 16.6 Å². The van der Waals surface area contributed by atoms with Crippen LogP contribution in [-0.2, 0) is 4.79 Å². The van der Waals surface area contributed by atoms with Gasteiger partial charge in [-0.25, -0.2) is 4.39 Å². The van der Waals surface area contributed by atoms with Gasteiger partial charge in [0.1, 0.15) is 5.82 Å². The van der Waals surface area contributed by atoms with Crippen LogP contribution in [0.15, 0.2) is 36.4 Å². The molecule has 0 bridgehead atoms. The van der Waals surface area contributed by atoms with Gasteiger partial charge >= 0.3 is 0 Å². The van der Waals surface area contributed by atoms with Crippen LogP contribution in [0.1, 0.15) is 5.56 Å². The number of anilines is 2. The molecule has 0 aliphatic carbocycles. The van der Waals surface area contributed by atoms with E-state index in [9.17, 15) is 19.3 Å². The van der Waals surface area contributed by atoms with Gasteiger partial charge in [0.15, 0.2) is 0 Å². The molecule has 6 nitrogen and oxygen atoms in total. The summed E-state index contributed by atoms with van der Waals surface area (Å²) in [4.78, 5) is 22.3. The normalized spacial score (nSPS) is 10.2. The number of hydrogen-bond donors (Lipinski definition) is 2. The van der Waals surface area contributed by atoms with Crippen molar-refractivity contribution in [3.63, 3.8) is 0 Å². The number of carbonyl (C=O) groups is 1. The summed E-state index contributed by atoms with van der Waals surface area (Å²) in [6.07, 6.45) is 0. The Kier molecular flexibility index (Phi) is 5.13. The number of benzene rings is 2. The smallest absolute Gasteiger partial charge is 0.274 e. The van der Waals surface area contributed by atoms with Gasteiger partial charge in [0.2, 0.25) is 5.91 Å². The highest BCUT2D eigenvalue weighted by atomic mass is 35.5. The Balaban J connectivity index is 2.02. The Morgan fingerprint density at radius 3 is 2.70 bits per heavy atom. The third-order valence-corrected chi connectivity index (χ3v) is 3.46. The van der Waals surface area contributed by atoms with Crippen LogP contribution in [0.4, 0.5) is 21.5 Å². The van der Waals surface area contributed by atoms with E-state index in [0.29, 0.717) is 11.3 Å². The van der Waals surface area contributed by atoms with Crippen molar-refractivity contribution in [1.29, 1.82) is 0 Å². The van der Waals surface area contributed by atoms with Crippen LogP contribution in [-0.4, -0.2) is 17.4 Å². The first-order chi connectivity index (χ1) is 10.9. The number of carbonyl (C=O) groups excluding carboxylic acids is 1. The first-order valence-corrected chi connectivity index (χ1v) is 6.99. The summed E-state index contributed by atoms with van der Waals surface area (Å²) >= 11 is 5.82. The monoisotopic (exact) mass is 337 g/mol. The quantitative estimate of drug-likeness (QED) is 0.643. The summed E-state index contributed by atoms with van der Waals surface area (Å²) in [5, 5.41) is 16.3. The predicted molar refractivity (Wildman–Crippen MR) is 86.4 cm³/mol. The molecule has 0 atom stereocenters. The highest BCUT2D eigenvalue weighted by Crippen LogP contribution is 2.25. The van der Waals surface area contributed by atoms with Crippen molar-refractivity contribution in [2.75, 3.05) is 17.2 Å². The summed E-state index contributed by atoms with van der Waals surface area (Å²) in [6.45, 7) is 1.48. The van der Waals surface area contributed by atoms with E-state index in [-0.39, 0.29) is 22.9 Å². The fourth-order valence-corrected chi connectivity index (χ4v) is 2.19. The van der Waals surface area contributed by atoms with Crippen molar-refractivity contribution in [3.8, 4) is 0 Å². The average molecular weight is 338 g/mol. The van der Waals surface area contributed by atoms with Gasteiger partial charge in [0.25, 0.3) is 5.69 Å². The zero-order valence-electron chi connectivity index (χ0n) is 12.1. The van der Waals surface area contributed by atoms with Gasteiger partial charge < -0.3 is 10.6 Å². The number of nitrogens with one attached hydrogen (secondary N) is 2. The number of rotatable bonds is 5. The Labute approximate surface area is 136 Å². The molecule has 23 heavy (non-hydrogen) atoms. The third-order valence-electron chi connectivity index (χ3n) is 3.15. The molecule has 1 amide bonds. The summed E-state index contributed by atoms with van der Waals surface area (Å²) in [7, 11) is 0. The van der Waals surface area contributed by atoms with Crippen molar-refractivity contribution in [1.82, 2.24) is 0 Å². The van der Waals surface area contributed by atoms with E-state index in [1.165, 1.54) is 24.3 Å². The molecule has 0 aromatic heterocycles. The minimum absolute atomic E-state index is 0.0306. The molecule has 0 aliphatic rings. The second-order valence-corrected chi connectivity index (χ2v) is 5.14. The van der Waals surface area contributed by atoms with Crippen LogP contribution in [0.3, 0.4) is 0 Å². The number of nitro groups is 1. The molecule has 0 saturated heterocycles. The van der Waals surface area contributed by atoms with Crippen LogP contribution in [0, 0.1) is 22.9 Å². The molecule has 8 heteroatoms. The second-order valence-electron chi connectivity index (χ2n) is 4.73. The molecule has 0 radical (unpaired) electrons. The lowest BCUT2D eigenvalue weighted by molar-refractivity contribution is -0.385. The number of nitrogens with zero attached hydrogens (tertiary/aromatic N) is 1. The molecule has 0 fully saturated rings. The SMILES string of the molecule is Cc1c(NCC(=O)Nc2ccc(F)cc2Cl)cccc1[N+](=O)[O-].